The fourth-order valence-electron chi connectivity index (χ4n) is 1.82. The molecular weight excluding hydrogens is 298 g/mol. The first kappa shape index (κ1) is 14.9. The number of imidazole rings is 1. The highest BCUT2D eigenvalue weighted by Gasteiger charge is 2.17. The van der Waals surface area contributed by atoms with Gasteiger partial charge in [-0.15, -0.1) is 4.73 Å². The monoisotopic (exact) mass is 311 g/mol. The molecular formula is C11H13N5O4S. The summed E-state index contributed by atoms with van der Waals surface area (Å²) in [5.41, 5.74) is 7.55. The van der Waals surface area contributed by atoms with Crippen LogP contribution < -0.4 is 10.0 Å². The lowest BCUT2D eigenvalue weighted by Crippen LogP contribution is -2.21. The molecule has 3 heterocycles. The van der Waals surface area contributed by atoms with Gasteiger partial charge in [0.2, 0.25) is 0 Å². The van der Waals surface area contributed by atoms with Crippen LogP contribution in [0.25, 0.3) is 22.1 Å². The Hall–Kier alpha value is -2.46. The van der Waals surface area contributed by atoms with Crippen LogP contribution in [0.15, 0.2) is 24.7 Å². The van der Waals surface area contributed by atoms with Gasteiger partial charge in [-0.25, -0.2) is 9.97 Å². The predicted molar refractivity (Wildman–Crippen MR) is 76.9 cm³/mol. The van der Waals surface area contributed by atoms with E-state index in [0.717, 1.165) is 4.73 Å². The van der Waals surface area contributed by atoms with Crippen molar-refractivity contribution in [3.05, 3.63) is 24.7 Å². The molecule has 0 fully saturated rings. The van der Waals surface area contributed by atoms with Crippen LogP contribution in [-0.2, 0) is 10.1 Å². The zero-order valence-corrected chi connectivity index (χ0v) is 11.8. The predicted octanol–water partition coefficient (Wildman–Crippen LogP) is -0.485. The van der Waals surface area contributed by atoms with Crippen LogP contribution >= 0.6 is 0 Å². The Labute approximate surface area is 119 Å². The van der Waals surface area contributed by atoms with Crippen molar-refractivity contribution in [2.24, 2.45) is 0 Å². The van der Waals surface area contributed by atoms with Crippen LogP contribution in [-0.4, -0.2) is 39.3 Å². The standard InChI is InChI=1S/C11H11N5O3S.H2O/c1-2-20(17,18)19-16-6-14-9-10(16)8-7(15-11(9)12)4-3-5-13-8;/h3-6H,2H2,1H3,(H2,12,15);1H2. The molecule has 0 bridgehead atoms. The van der Waals surface area contributed by atoms with Crippen LogP contribution in [0.1, 0.15) is 6.92 Å². The van der Waals surface area contributed by atoms with Crippen LogP contribution in [0.4, 0.5) is 5.82 Å². The van der Waals surface area contributed by atoms with Gasteiger partial charge < -0.3 is 11.2 Å². The first-order chi connectivity index (χ1) is 9.52. The number of rotatable bonds is 3. The highest BCUT2D eigenvalue weighted by molar-refractivity contribution is 7.86. The molecule has 0 atom stereocenters. The van der Waals surface area contributed by atoms with Gasteiger partial charge in [0.1, 0.15) is 22.9 Å². The second kappa shape index (κ2) is 5.14. The highest BCUT2D eigenvalue weighted by atomic mass is 32.2. The molecule has 112 valence electrons. The van der Waals surface area contributed by atoms with E-state index in [1.54, 1.807) is 18.3 Å². The minimum Gasteiger partial charge on any atom is -0.412 e. The third kappa shape index (κ3) is 2.45. The Kier molecular flexibility index (Phi) is 3.66. The van der Waals surface area contributed by atoms with E-state index in [2.05, 4.69) is 15.0 Å². The molecule has 0 aliphatic rings. The molecule has 0 aliphatic heterocycles. The number of nitrogen functional groups attached to an aromatic ring is 1. The van der Waals surface area contributed by atoms with Crippen LogP contribution in [0, 0.1) is 0 Å². The minimum absolute atomic E-state index is 0. The minimum atomic E-state index is -3.68. The second-order valence-corrected chi connectivity index (χ2v) is 5.90. The second-order valence-electron chi connectivity index (χ2n) is 4.06. The van der Waals surface area contributed by atoms with Gasteiger partial charge >= 0.3 is 10.1 Å². The van der Waals surface area contributed by atoms with Crippen molar-refractivity contribution in [2.75, 3.05) is 11.5 Å². The summed E-state index contributed by atoms with van der Waals surface area (Å²) in [5, 5.41) is 0. The Morgan fingerprint density at radius 3 is 2.81 bits per heavy atom. The van der Waals surface area contributed by atoms with Crippen LogP contribution in [0.5, 0.6) is 0 Å². The smallest absolute Gasteiger partial charge is 0.326 e. The Morgan fingerprint density at radius 1 is 1.33 bits per heavy atom. The number of aromatic nitrogens is 4. The maximum Gasteiger partial charge on any atom is 0.326 e. The summed E-state index contributed by atoms with van der Waals surface area (Å²) in [6.45, 7) is 1.49. The molecule has 4 N–H and O–H groups in total. The van der Waals surface area contributed by atoms with Crippen molar-refractivity contribution in [3.8, 4) is 0 Å². The molecule has 3 aromatic rings. The van der Waals surface area contributed by atoms with Gasteiger partial charge in [0.15, 0.2) is 5.82 Å². The molecule has 0 radical (unpaired) electrons. The average Bonchev–Trinajstić information content (AvgIpc) is 2.83. The number of pyridine rings is 2. The maximum atomic E-state index is 11.6. The Morgan fingerprint density at radius 2 is 2.10 bits per heavy atom. The van der Waals surface area contributed by atoms with Crippen molar-refractivity contribution in [3.63, 3.8) is 0 Å². The molecule has 9 nitrogen and oxygen atoms in total. The van der Waals surface area contributed by atoms with E-state index in [0.29, 0.717) is 22.1 Å². The van der Waals surface area contributed by atoms with Gasteiger partial charge in [0.05, 0.1) is 11.3 Å². The maximum absolute atomic E-state index is 11.6. The lowest BCUT2D eigenvalue weighted by molar-refractivity contribution is 0.292. The van der Waals surface area contributed by atoms with Gasteiger partial charge in [-0.3, -0.25) is 9.27 Å². The number of hydrogen-bond donors (Lipinski definition) is 1. The molecule has 0 spiro atoms. The summed E-state index contributed by atoms with van der Waals surface area (Å²) in [5.74, 6) is 0.0373. The Balaban J connectivity index is 0.00000161. The summed E-state index contributed by atoms with van der Waals surface area (Å²) in [7, 11) is -3.68. The number of anilines is 1. The average molecular weight is 311 g/mol. The van der Waals surface area contributed by atoms with Gasteiger partial charge in [0, 0.05) is 6.20 Å². The SMILES string of the molecule is CCS(=O)(=O)On1cnc2c(N)nc3cccnc3c21.O. The molecule has 0 saturated carbocycles. The topological polar surface area (TPSA) is 144 Å². The van der Waals surface area contributed by atoms with Crippen molar-refractivity contribution in [2.45, 2.75) is 6.92 Å². The molecule has 21 heavy (non-hydrogen) atoms. The van der Waals surface area contributed by atoms with E-state index in [-0.39, 0.29) is 17.0 Å². The number of nitrogens with zero attached hydrogens (tertiary/aromatic N) is 4. The van der Waals surface area contributed by atoms with E-state index in [4.69, 9.17) is 10.0 Å². The molecule has 0 unspecified atom stereocenters. The first-order valence-corrected chi connectivity index (χ1v) is 7.39. The zero-order valence-electron chi connectivity index (χ0n) is 11.0. The van der Waals surface area contributed by atoms with Crippen molar-refractivity contribution in [1.82, 2.24) is 19.7 Å². The normalized spacial score (nSPS) is 11.5. The van der Waals surface area contributed by atoms with Gasteiger partial charge in [-0.05, 0) is 19.1 Å². The number of fused-ring (bicyclic) bond motifs is 3. The lowest BCUT2D eigenvalue weighted by Gasteiger charge is -2.07. The first-order valence-electron chi connectivity index (χ1n) is 5.82. The molecule has 3 aromatic heterocycles. The van der Waals surface area contributed by atoms with Crippen molar-refractivity contribution in [1.29, 1.82) is 0 Å². The van der Waals surface area contributed by atoms with Crippen molar-refractivity contribution >= 4 is 38.0 Å². The number of hydrogen-bond acceptors (Lipinski definition) is 7. The molecule has 3 rings (SSSR count). The third-order valence-corrected chi connectivity index (χ3v) is 3.87. The van der Waals surface area contributed by atoms with E-state index < -0.39 is 10.1 Å². The van der Waals surface area contributed by atoms with Gasteiger partial charge in [0.25, 0.3) is 0 Å². The lowest BCUT2D eigenvalue weighted by atomic mass is 10.3. The van der Waals surface area contributed by atoms with E-state index >= 15 is 0 Å². The van der Waals surface area contributed by atoms with E-state index in [9.17, 15) is 8.42 Å². The highest BCUT2D eigenvalue weighted by Crippen LogP contribution is 2.24. The van der Waals surface area contributed by atoms with Crippen LogP contribution in [0.2, 0.25) is 0 Å². The van der Waals surface area contributed by atoms with Gasteiger partial charge in [-0.2, -0.15) is 8.42 Å². The largest absolute Gasteiger partial charge is 0.412 e. The zero-order chi connectivity index (χ0) is 14.3. The molecule has 0 saturated heterocycles. The summed E-state index contributed by atoms with van der Waals surface area (Å²) in [6.07, 6.45) is 2.81. The quantitative estimate of drug-likeness (QED) is 0.687. The van der Waals surface area contributed by atoms with Crippen LogP contribution in [0.3, 0.4) is 0 Å². The summed E-state index contributed by atoms with van der Waals surface area (Å²) in [6, 6.07) is 3.44. The van der Waals surface area contributed by atoms with E-state index in [1.165, 1.54) is 13.3 Å². The summed E-state index contributed by atoms with van der Waals surface area (Å²) in [4.78, 5) is 12.4. The molecule has 10 heteroatoms. The fourth-order valence-corrected chi connectivity index (χ4v) is 2.28. The third-order valence-electron chi connectivity index (χ3n) is 2.78. The van der Waals surface area contributed by atoms with E-state index in [1.807, 2.05) is 0 Å². The fraction of sp³-hybridized carbons (Fsp3) is 0.182. The molecule has 0 aromatic carbocycles. The summed E-state index contributed by atoms with van der Waals surface area (Å²) < 4.78 is 29.2. The Bertz CT molecular complexity index is 906. The molecule has 0 amide bonds. The molecule has 0 aliphatic carbocycles. The number of nitrogens with two attached hydrogens (primary N) is 1. The van der Waals surface area contributed by atoms with Gasteiger partial charge in [-0.1, -0.05) is 0 Å². The van der Waals surface area contributed by atoms with Crippen molar-refractivity contribution < 1.29 is 18.2 Å². The summed E-state index contributed by atoms with van der Waals surface area (Å²) >= 11 is 0.